The zero-order chi connectivity index (χ0) is 15.1. The highest BCUT2D eigenvalue weighted by Gasteiger charge is 2.05. The lowest BCUT2D eigenvalue weighted by Crippen LogP contribution is -2.11. The van der Waals surface area contributed by atoms with E-state index in [0.717, 1.165) is 30.2 Å². The number of benzene rings is 2. The number of methoxy groups -OCH3 is 1. The Labute approximate surface area is 130 Å². The molecule has 0 aliphatic carbocycles. The highest BCUT2D eigenvalue weighted by Crippen LogP contribution is 2.24. The quantitative estimate of drug-likeness (QED) is 0.837. The molecule has 0 aromatic heterocycles. The van der Waals surface area contributed by atoms with Gasteiger partial charge < -0.3 is 14.8 Å². The van der Waals surface area contributed by atoms with Crippen molar-refractivity contribution in [2.24, 2.45) is 0 Å². The first-order valence-electron chi connectivity index (χ1n) is 6.97. The van der Waals surface area contributed by atoms with E-state index >= 15 is 0 Å². The summed E-state index contributed by atoms with van der Waals surface area (Å²) in [4.78, 5) is 0. The molecule has 2 aromatic rings. The van der Waals surface area contributed by atoms with E-state index in [1.54, 1.807) is 13.2 Å². The fourth-order valence-corrected chi connectivity index (χ4v) is 2.19. The summed E-state index contributed by atoms with van der Waals surface area (Å²) in [5.74, 6) is 1.61. The first kappa shape index (κ1) is 15.7. The third-order valence-electron chi connectivity index (χ3n) is 3.14. The summed E-state index contributed by atoms with van der Waals surface area (Å²) in [5, 5.41) is 3.97. The van der Waals surface area contributed by atoms with Crippen molar-refractivity contribution in [2.45, 2.75) is 20.1 Å². The van der Waals surface area contributed by atoms with E-state index in [9.17, 15) is 0 Å². The van der Waals surface area contributed by atoms with Gasteiger partial charge in [0.05, 0.1) is 7.11 Å². The fourth-order valence-electron chi connectivity index (χ4n) is 1.99. The fraction of sp³-hybridized carbons (Fsp3) is 0.294. The molecule has 2 rings (SSSR count). The molecule has 0 atom stereocenters. The zero-order valence-corrected chi connectivity index (χ0v) is 13.1. The van der Waals surface area contributed by atoms with Crippen LogP contribution in [0.2, 0.25) is 5.02 Å². The molecule has 0 spiro atoms. The maximum atomic E-state index is 6.01. The molecule has 2 aromatic carbocycles. The Morgan fingerprint density at radius 3 is 2.52 bits per heavy atom. The predicted molar refractivity (Wildman–Crippen MR) is 86.2 cm³/mol. The van der Waals surface area contributed by atoms with E-state index in [0.29, 0.717) is 11.6 Å². The van der Waals surface area contributed by atoms with Crippen LogP contribution in [0.3, 0.4) is 0 Å². The van der Waals surface area contributed by atoms with E-state index < -0.39 is 0 Å². The Hall–Kier alpha value is -1.71. The van der Waals surface area contributed by atoms with Crippen molar-refractivity contribution in [3.63, 3.8) is 0 Å². The molecule has 0 radical (unpaired) electrons. The van der Waals surface area contributed by atoms with Crippen LogP contribution in [-0.2, 0) is 13.2 Å². The molecule has 112 valence electrons. The molecule has 0 amide bonds. The Kier molecular flexibility index (Phi) is 5.90. The molecule has 21 heavy (non-hydrogen) atoms. The molecular formula is C17H20ClNO2. The van der Waals surface area contributed by atoms with Crippen molar-refractivity contribution in [3.8, 4) is 11.5 Å². The molecule has 4 heteroatoms. The minimum atomic E-state index is 0.427. The maximum absolute atomic E-state index is 6.01. The van der Waals surface area contributed by atoms with Crippen molar-refractivity contribution in [1.29, 1.82) is 0 Å². The average molecular weight is 306 g/mol. The minimum Gasteiger partial charge on any atom is -0.496 e. The lowest BCUT2D eigenvalue weighted by Gasteiger charge is -2.11. The zero-order valence-electron chi connectivity index (χ0n) is 12.4. The van der Waals surface area contributed by atoms with Gasteiger partial charge in [-0.25, -0.2) is 0 Å². The van der Waals surface area contributed by atoms with E-state index in [-0.39, 0.29) is 0 Å². The number of halogens is 1. The summed E-state index contributed by atoms with van der Waals surface area (Å²) in [5.41, 5.74) is 2.17. The van der Waals surface area contributed by atoms with Gasteiger partial charge in [0.1, 0.15) is 18.1 Å². The highest BCUT2D eigenvalue weighted by atomic mass is 35.5. The molecule has 0 saturated heterocycles. The summed E-state index contributed by atoms with van der Waals surface area (Å²) in [6.45, 7) is 4.36. The Morgan fingerprint density at radius 1 is 1.10 bits per heavy atom. The van der Waals surface area contributed by atoms with Gasteiger partial charge in [-0.15, -0.1) is 0 Å². The molecular weight excluding hydrogens is 286 g/mol. The summed E-state index contributed by atoms with van der Waals surface area (Å²) in [6.07, 6.45) is 0. The number of rotatable bonds is 7. The van der Waals surface area contributed by atoms with E-state index in [1.807, 2.05) is 24.3 Å². The molecule has 0 bridgehead atoms. The van der Waals surface area contributed by atoms with Crippen LogP contribution in [0.15, 0.2) is 42.5 Å². The Bertz CT molecular complexity index is 570. The first-order chi connectivity index (χ1) is 10.2. The molecule has 0 heterocycles. The molecule has 0 aliphatic heterocycles. The third kappa shape index (κ3) is 4.66. The van der Waals surface area contributed by atoms with Gasteiger partial charge in [0.2, 0.25) is 0 Å². The van der Waals surface area contributed by atoms with Gasteiger partial charge in [0.25, 0.3) is 0 Å². The maximum Gasteiger partial charge on any atom is 0.125 e. The molecule has 0 saturated carbocycles. The van der Waals surface area contributed by atoms with Gasteiger partial charge >= 0.3 is 0 Å². The topological polar surface area (TPSA) is 30.5 Å². The van der Waals surface area contributed by atoms with Gasteiger partial charge in [0, 0.05) is 17.1 Å². The van der Waals surface area contributed by atoms with Crippen LogP contribution in [0.1, 0.15) is 18.1 Å². The Balaban J connectivity index is 1.98. The summed E-state index contributed by atoms with van der Waals surface area (Å²) >= 11 is 6.01. The smallest absolute Gasteiger partial charge is 0.125 e. The molecule has 1 N–H and O–H groups in total. The predicted octanol–water partition coefficient (Wildman–Crippen LogP) is 4.04. The second kappa shape index (κ2) is 7.91. The molecule has 3 nitrogen and oxygen atoms in total. The third-order valence-corrected chi connectivity index (χ3v) is 3.37. The van der Waals surface area contributed by atoms with Crippen LogP contribution < -0.4 is 14.8 Å². The van der Waals surface area contributed by atoms with Gasteiger partial charge in [0.15, 0.2) is 0 Å². The first-order valence-corrected chi connectivity index (χ1v) is 7.35. The van der Waals surface area contributed by atoms with Crippen LogP contribution in [0, 0.1) is 0 Å². The van der Waals surface area contributed by atoms with Crippen LogP contribution in [-0.4, -0.2) is 13.7 Å². The Morgan fingerprint density at radius 2 is 1.86 bits per heavy atom. The lowest BCUT2D eigenvalue weighted by atomic mass is 10.2. The van der Waals surface area contributed by atoms with Crippen molar-refractivity contribution < 1.29 is 9.47 Å². The number of hydrogen-bond donors (Lipinski definition) is 1. The highest BCUT2D eigenvalue weighted by molar-refractivity contribution is 6.30. The van der Waals surface area contributed by atoms with E-state index in [4.69, 9.17) is 21.1 Å². The van der Waals surface area contributed by atoms with E-state index in [1.165, 1.54) is 5.56 Å². The SMILES string of the molecule is CCNCc1ccc(OCc2cc(Cl)ccc2OC)cc1. The number of ether oxygens (including phenoxy) is 2. The van der Waals surface area contributed by atoms with Gasteiger partial charge in [-0.3, -0.25) is 0 Å². The van der Waals surface area contributed by atoms with Gasteiger partial charge in [-0.1, -0.05) is 30.7 Å². The van der Waals surface area contributed by atoms with Crippen LogP contribution in [0.4, 0.5) is 0 Å². The largest absolute Gasteiger partial charge is 0.496 e. The van der Waals surface area contributed by atoms with Gasteiger partial charge in [-0.2, -0.15) is 0 Å². The van der Waals surface area contributed by atoms with Crippen molar-refractivity contribution in [1.82, 2.24) is 5.32 Å². The number of nitrogens with one attached hydrogen (secondary N) is 1. The van der Waals surface area contributed by atoms with Crippen molar-refractivity contribution in [3.05, 3.63) is 58.6 Å². The standard InChI is InChI=1S/C17H20ClNO2/c1-3-19-11-13-4-7-16(8-5-13)21-12-14-10-15(18)6-9-17(14)20-2/h4-10,19H,3,11-12H2,1-2H3. The second-order valence-electron chi connectivity index (χ2n) is 4.67. The monoisotopic (exact) mass is 305 g/mol. The molecule has 0 fully saturated rings. The van der Waals surface area contributed by atoms with E-state index in [2.05, 4.69) is 24.4 Å². The molecule has 0 unspecified atom stereocenters. The van der Waals surface area contributed by atoms with Gasteiger partial charge in [-0.05, 0) is 42.4 Å². The number of hydrogen-bond acceptors (Lipinski definition) is 3. The average Bonchev–Trinajstić information content (AvgIpc) is 2.52. The van der Waals surface area contributed by atoms with Crippen LogP contribution in [0.5, 0.6) is 11.5 Å². The van der Waals surface area contributed by atoms with Crippen molar-refractivity contribution >= 4 is 11.6 Å². The summed E-state index contributed by atoms with van der Waals surface area (Å²) < 4.78 is 11.1. The van der Waals surface area contributed by atoms with Crippen molar-refractivity contribution in [2.75, 3.05) is 13.7 Å². The summed E-state index contributed by atoms with van der Waals surface area (Å²) in [7, 11) is 1.64. The normalized spacial score (nSPS) is 10.4. The summed E-state index contributed by atoms with van der Waals surface area (Å²) in [6, 6.07) is 13.6. The lowest BCUT2D eigenvalue weighted by molar-refractivity contribution is 0.296. The van der Waals surface area contributed by atoms with Crippen LogP contribution >= 0.6 is 11.6 Å². The molecule has 0 aliphatic rings. The minimum absolute atomic E-state index is 0.427. The van der Waals surface area contributed by atoms with Crippen LogP contribution in [0.25, 0.3) is 0 Å². The second-order valence-corrected chi connectivity index (χ2v) is 5.11.